The van der Waals surface area contributed by atoms with Gasteiger partial charge in [-0.3, -0.25) is 4.21 Å². The maximum atomic E-state index is 10.3. The van der Waals surface area contributed by atoms with Gasteiger partial charge in [0.05, 0.1) is 0 Å². The predicted octanol–water partition coefficient (Wildman–Crippen LogP) is 3.04. The Hall–Kier alpha value is -2.28. The number of hydrogen-bond acceptors (Lipinski definition) is 10. The Morgan fingerprint density at radius 2 is 1.00 bits per heavy atom. The van der Waals surface area contributed by atoms with Crippen LogP contribution in [0.5, 0.6) is 0 Å². The molecule has 155 valence electrons. The molecule has 27 heavy (non-hydrogen) atoms. The first-order chi connectivity index (χ1) is 12.1. The molecule has 1 radical (unpaired) electrons. The number of rotatable bonds is 3. The fraction of sp³-hybridized carbons (Fsp3) is 0.333. The van der Waals surface area contributed by atoms with Crippen LogP contribution in [-0.2, 0) is 27.9 Å². The van der Waals surface area contributed by atoms with Crippen LogP contribution in [0.3, 0.4) is 0 Å². The molecule has 1 rings (SSSR count). The van der Waals surface area contributed by atoms with Gasteiger partial charge in [-0.2, -0.15) is 0 Å². The zero-order valence-corrected chi connectivity index (χ0v) is 17.1. The molecule has 1 unspecified atom stereocenters. The van der Waals surface area contributed by atoms with Crippen molar-refractivity contribution < 1.29 is 25.5 Å². The second-order valence-corrected chi connectivity index (χ2v) is 5.70. The molecule has 0 aliphatic carbocycles. The van der Waals surface area contributed by atoms with Crippen LogP contribution in [0.2, 0.25) is 0 Å². The molecule has 1 aromatic rings. The molecule has 0 aliphatic rings. The molecule has 1 atom stereocenters. The van der Waals surface area contributed by atoms with Gasteiger partial charge in [-0.05, 0) is 57.8 Å². The number of aryl methyl sites for hydroxylation is 1. The van der Waals surface area contributed by atoms with Crippen molar-refractivity contribution >= 4 is 33.9 Å². The van der Waals surface area contributed by atoms with Gasteiger partial charge in [-0.15, -0.1) is 0 Å². The monoisotopic (exact) mass is 442 g/mol. The summed E-state index contributed by atoms with van der Waals surface area (Å²) >= 11 is -2.09. The molecule has 12 heteroatoms. The molecule has 1 aromatic carbocycles. The van der Waals surface area contributed by atoms with Crippen molar-refractivity contribution in [1.82, 2.24) is 0 Å². The largest absolute Gasteiger partial charge is 0.792 e. The molecule has 0 N–H and O–H groups in total. The maximum absolute atomic E-state index is 10.3. The van der Waals surface area contributed by atoms with E-state index in [0.717, 1.165) is 5.56 Å². The van der Waals surface area contributed by atoms with Gasteiger partial charge in [-0.25, -0.2) is 0 Å². The van der Waals surface area contributed by atoms with Crippen LogP contribution in [0.15, 0.2) is 49.8 Å². The quantitative estimate of drug-likeness (QED) is 0.394. The first-order valence-corrected chi connectivity index (χ1v) is 8.06. The minimum Gasteiger partial charge on any atom is -0.792 e. The standard InChI is InChI=1S/C7H8O2S.2C4H8N2O2.Co/c1-6-2-4-7(5-3-6)10(8)9;2*1-3(5-7)4(2)6-8;/h2-5H,1H3,(H,8,9);2*7-8H,1-2H3;/p-5. The molecule has 0 spiro atoms. The normalized spacial score (nSPS) is 13.3. The molecule has 0 bridgehead atoms. The molecular formula is C15H19CoN4O6S-5. The van der Waals surface area contributed by atoms with Crippen molar-refractivity contribution in [2.24, 2.45) is 20.6 Å². The Balaban J connectivity index is -0.000000318. The van der Waals surface area contributed by atoms with Gasteiger partial charge >= 0.3 is 0 Å². The molecule has 0 saturated heterocycles. The average molecular weight is 442 g/mol. The average Bonchev–Trinajstić information content (AvgIpc) is 2.66. The van der Waals surface area contributed by atoms with Crippen LogP contribution in [0.25, 0.3) is 0 Å². The SMILES string of the molecule is CC(=N[O-])C(C)=N[O-].CC(=N[O-])C(C)=N[O-].Cc1ccc(S(=O)[O-])cc1.[Co]. The minimum atomic E-state index is -2.09. The molecule has 10 nitrogen and oxygen atoms in total. The Morgan fingerprint density at radius 1 is 0.741 bits per heavy atom. The first kappa shape index (κ1) is 29.5. The van der Waals surface area contributed by atoms with E-state index in [-0.39, 0.29) is 39.6 Å². The summed E-state index contributed by atoms with van der Waals surface area (Å²) in [6.45, 7) is 7.65. The van der Waals surface area contributed by atoms with Crippen LogP contribution in [0.1, 0.15) is 33.3 Å². The van der Waals surface area contributed by atoms with E-state index < -0.39 is 11.1 Å². The van der Waals surface area contributed by atoms with Crippen molar-refractivity contribution in [3.05, 3.63) is 50.7 Å². The van der Waals surface area contributed by atoms with Gasteiger partial charge in [0.1, 0.15) is 0 Å². The summed E-state index contributed by atoms with van der Waals surface area (Å²) in [5.41, 5.74) is 1.62. The number of nitrogens with zero attached hydrogens (tertiary/aromatic N) is 4. The second-order valence-electron chi connectivity index (χ2n) is 4.75. The van der Waals surface area contributed by atoms with E-state index in [4.69, 9.17) is 0 Å². The molecule has 0 fully saturated rings. The van der Waals surface area contributed by atoms with Gasteiger partial charge in [-0.1, -0.05) is 17.7 Å². The molecule has 0 aliphatic heterocycles. The summed E-state index contributed by atoms with van der Waals surface area (Å²) in [7, 11) is 0. The van der Waals surface area contributed by atoms with Crippen LogP contribution in [0.4, 0.5) is 0 Å². The summed E-state index contributed by atoms with van der Waals surface area (Å²) in [6.07, 6.45) is 0. The van der Waals surface area contributed by atoms with Crippen LogP contribution >= 0.6 is 0 Å². The number of hydrogen-bond donors (Lipinski definition) is 0. The first-order valence-electron chi connectivity index (χ1n) is 6.98. The van der Waals surface area contributed by atoms with Gasteiger partial charge < -0.3 is 46.0 Å². The summed E-state index contributed by atoms with van der Waals surface area (Å²) in [6, 6.07) is 6.70. The molecule has 0 saturated carbocycles. The Morgan fingerprint density at radius 3 is 1.19 bits per heavy atom. The Bertz CT molecular complexity index is 626. The van der Waals surface area contributed by atoms with Crippen LogP contribution < -0.4 is 0 Å². The molecule has 0 amide bonds. The third kappa shape index (κ3) is 14.6. The van der Waals surface area contributed by atoms with E-state index in [1.54, 1.807) is 24.3 Å². The second kappa shape index (κ2) is 17.1. The van der Waals surface area contributed by atoms with Gasteiger partial charge in [0, 0.05) is 44.5 Å². The predicted molar refractivity (Wildman–Crippen MR) is 104 cm³/mol. The van der Waals surface area contributed by atoms with E-state index >= 15 is 0 Å². The minimum absolute atomic E-state index is 0. The zero-order valence-electron chi connectivity index (χ0n) is 15.3. The fourth-order valence-electron chi connectivity index (χ4n) is 0.914. The topological polar surface area (TPSA) is 182 Å². The van der Waals surface area contributed by atoms with Crippen molar-refractivity contribution in [1.29, 1.82) is 0 Å². The van der Waals surface area contributed by atoms with Crippen molar-refractivity contribution in [3.63, 3.8) is 0 Å². The molecular weight excluding hydrogens is 423 g/mol. The van der Waals surface area contributed by atoms with Gasteiger partial charge in [0.2, 0.25) is 0 Å². The van der Waals surface area contributed by atoms with E-state index in [9.17, 15) is 29.6 Å². The summed E-state index contributed by atoms with van der Waals surface area (Å²) in [4.78, 5) is 0.339. The third-order valence-corrected chi connectivity index (χ3v) is 3.47. The van der Waals surface area contributed by atoms with Crippen molar-refractivity contribution in [2.75, 3.05) is 0 Å². The van der Waals surface area contributed by atoms with Crippen molar-refractivity contribution in [2.45, 2.75) is 39.5 Å². The summed E-state index contributed by atoms with van der Waals surface area (Å²) < 4.78 is 20.6. The zero-order chi connectivity index (χ0) is 20.7. The smallest absolute Gasteiger partial charge is 0.0465 e. The Labute approximate surface area is 170 Å². The van der Waals surface area contributed by atoms with E-state index in [1.165, 1.54) is 27.7 Å². The fourth-order valence-corrected chi connectivity index (χ4v) is 1.27. The molecule has 0 aromatic heterocycles. The summed E-state index contributed by atoms with van der Waals surface area (Å²) in [5.74, 6) is 0. The van der Waals surface area contributed by atoms with E-state index in [2.05, 4.69) is 20.6 Å². The van der Waals surface area contributed by atoms with Crippen LogP contribution in [0, 0.1) is 27.8 Å². The van der Waals surface area contributed by atoms with Gasteiger partial charge in [0.25, 0.3) is 0 Å². The van der Waals surface area contributed by atoms with Crippen LogP contribution in [-0.4, -0.2) is 31.6 Å². The number of benzene rings is 1. The maximum Gasteiger partial charge on any atom is 0.0465 e. The molecule has 0 heterocycles. The van der Waals surface area contributed by atoms with E-state index in [0.29, 0.717) is 4.90 Å². The van der Waals surface area contributed by atoms with Gasteiger partial charge in [0.15, 0.2) is 0 Å². The van der Waals surface area contributed by atoms with E-state index in [1.807, 2.05) is 6.92 Å². The Kier molecular flexibility index (Phi) is 18.7. The van der Waals surface area contributed by atoms with Crippen molar-refractivity contribution in [3.8, 4) is 0 Å². The summed E-state index contributed by atoms with van der Waals surface area (Å²) in [5, 5.41) is 48.4. The third-order valence-electron chi connectivity index (χ3n) is 2.81.